The molecule has 0 saturated heterocycles. The summed E-state index contributed by atoms with van der Waals surface area (Å²) in [5.74, 6) is -1.46. The molecular weight excluding hydrogens is 469 g/mol. The molecule has 2 aromatic rings. The third-order valence-electron chi connectivity index (χ3n) is 7.85. The first-order chi connectivity index (χ1) is 17.2. The van der Waals surface area contributed by atoms with Crippen molar-refractivity contribution in [1.82, 2.24) is 10.2 Å². The molecule has 0 radical (unpaired) electrons. The van der Waals surface area contributed by atoms with Crippen LogP contribution < -0.4 is 5.32 Å². The molecule has 1 saturated carbocycles. The van der Waals surface area contributed by atoms with E-state index in [0.717, 1.165) is 37.3 Å². The molecule has 1 fully saturated rings. The SMILES string of the molecule is O=C(NC1CCC(c2ccccc2)CC1)C1=C(O)C(=O)N(CC2CCc3ccc(C(F)(F)F)cc32)C1. The molecule has 1 heterocycles. The third-order valence-corrected chi connectivity index (χ3v) is 7.85. The Morgan fingerprint density at radius 2 is 1.75 bits per heavy atom. The summed E-state index contributed by atoms with van der Waals surface area (Å²) in [6.45, 7) is 0.122. The van der Waals surface area contributed by atoms with Gasteiger partial charge in [0.05, 0.1) is 17.7 Å². The van der Waals surface area contributed by atoms with E-state index in [9.17, 15) is 27.9 Å². The van der Waals surface area contributed by atoms with E-state index in [-0.39, 0.29) is 30.6 Å². The van der Waals surface area contributed by atoms with Crippen LogP contribution in [0.4, 0.5) is 13.2 Å². The Hall–Kier alpha value is -3.29. The van der Waals surface area contributed by atoms with E-state index in [1.807, 2.05) is 18.2 Å². The Labute approximate surface area is 208 Å². The van der Waals surface area contributed by atoms with Gasteiger partial charge in [0.1, 0.15) is 0 Å². The van der Waals surface area contributed by atoms with Gasteiger partial charge in [0.25, 0.3) is 11.8 Å². The first-order valence-corrected chi connectivity index (χ1v) is 12.5. The standard InChI is InChI=1S/C28H29F3N2O3/c29-28(30,31)21-11-8-19-6-7-20(23(19)14-21)15-33-16-24(25(34)27(33)36)26(35)32-22-12-9-18(10-13-22)17-4-2-1-3-5-17/h1-5,8,11,14,18,20,22,34H,6-7,9-10,12-13,15-16H2,(H,32,35). The number of nitrogens with zero attached hydrogens (tertiary/aromatic N) is 1. The largest absolute Gasteiger partial charge is 0.503 e. The lowest BCUT2D eigenvalue weighted by molar-refractivity contribution is -0.137. The number of fused-ring (bicyclic) bond motifs is 1. The number of alkyl halides is 3. The number of carbonyl (C=O) groups is 2. The number of nitrogens with one attached hydrogen (secondary N) is 1. The molecule has 1 aliphatic heterocycles. The van der Waals surface area contributed by atoms with Crippen LogP contribution in [0.15, 0.2) is 59.9 Å². The van der Waals surface area contributed by atoms with Gasteiger partial charge in [-0.25, -0.2) is 0 Å². The first-order valence-electron chi connectivity index (χ1n) is 12.5. The van der Waals surface area contributed by atoms with E-state index in [2.05, 4.69) is 17.4 Å². The van der Waals surface area contributed by atoms with E-state index < -0.39 is 29.3 Å². The number of benzene rings is 2. The van der Waals surface area contributed by atoms with Crippen molar-refractivity contribution in [3.05, 3.63) is 82.1 Å². The molecule has 5 rings (SSSR count). The molecule has 0 bridgehead atoms. The highest BCUT2D eigenvalue weighted by Gasteiger charge is 2.38. The Morgan fingerprint density at radius 3 is 2.44 bits per heavy atom. The average Bonchev–Trinajstić information content (AvgIpc) is 3.40. The van der Waals surface area contributed by atoms with Crippen molar-refractivity contribution in [1.29, 1.82) is 0 Å². The summed E-state index contributed by atoms with van der Waals surface area (Å²) in [6, 6.07) is 14.0. The van der Waals surface area contributed by atoms with E-state index in [1.165, 1.54) is 22.6 Å². The predicted octanol–water partition coefficient (Wildman–Crippen LogP) is 5.23. The summed E-state index contributed by atoms with van der Waals surface area (Å²) in [6.07, 6.45) is 0.357. The minimum absolute atomic E-state index is 0.0237. The number of aryl methyl sites for hydroxylation is 1. The van der Waals surface area contributed by atoms with Crippen molar-refractivity contribution >= 4 is 11.8 Å². The Bertz CT molecular complexity index is 1180. The second-order valence-electron chi connectivity index (χ2n) is 10.1. The normalized spacial score (nSPS) is 24.2. The second kappa shape index (κ2) is 9.64. The minimum Gasteiger partial charge on any atom is -0.503 e. The van der Waals surface area contributed by atoms with E-state index >= 15 is 0 Å². The van der Waals surface area contributed by atoms with Gasteiger partial charge >= 0.3 is 6.18 Å². The fourth-order valence-electron chi connectivity index (χ4n) is 5.83. The molecule has 1 unspecified atom stereocenters. The molecule has 0 aromatic heterocycles. The van der Waals surface area contributed by atoms with Crippen LogP contribution >= 0.6 is 0 Å². The van der Waals surface area contributed by atoms with E-state index in [1.54, 1.807) is 0 Å². The molecule has 5 nitrogen and oxygen atoms in total. The maximum atomic E-state index is 13.2. The van der Waals surface area contributed by atoms with Crippen molar-refractivity contribution < 1.29 is 27.9 Å². The summed E-state index contributed by atoms with van der Waals surface area (Å²) in [4.78, 5) is 27.0. The average molecular weight is 499 g/mol. The van der Waals surface area contributed by atoms with Crippen LogP contribution in [0, 0.1) is 0 Å². The van der Waals surface area contributed by atoms with Crippen LogP contribution in [0.3, 0.4) is 0 Å². The summed E-state index contributed by atoms with van der Waals surface area (Å²) >= 11 is 0. The zero-order valence-corrected chi connectivity index (χ0v) is 19.9. The highest BCUT2D eigenvalue weighted by atomic mass is 19.4. The molecule has 2 aromatic carbocycles. The maximum Gasteiger partial charge on any atom is 0.416 e. The van der Waals surface area contributed by atoms with Gasteiger partial charge in [0.15, 0.2) is 5.76 Å². The number of rotatable bonds is 5. The topological polar surface area (TPSA) is 69.6 Å². The van der Waals surface area contributed by atoms with E-state index in [4.69, 9.17) is 0 Å². The Balaban J connectivity index is 1.19. The molecule has 2 aliphatic carbocycles. The number of carbonyl (C=O) groups excluding carboxylic acids is 2. The maximum absolute atomic E-state index is 13.2. The van der Waals surface area contributed by atoms with E-state index in [0.29, 0.717) is 24.3 Å². The molecule has 0 spiro atoms. The quantitative estimate of drug-likeness (QED) is 0.593. The van der Waals surface area contributed by atoms with Crippen LogP contribution in [0.25, 0.3) is 0 Å². The molecule has 2 amide bonds. The number of hydrogen-bond acceptors (Lipinski definition) is 3. The number of hydrogen-bond donors (Lipinski definition) is 2. The van der Waals surface area contributed by atoms with Crippen molar-refractivity contribution in [2.75, 3.05) is 13.1 Å². The summed E-state index contributed by atoms with van der Waals surface area (Å²) in [5, 5.41) is 13.4. The van der Waals surface area contributed by atoms with Gasteiger partial charge in [0, 0.05) is 18.5 Å². The lowest BCUT2D eigenvalue weighted by atomic mass is 9.82. The first kappa shape index (κ1) is 24.4. The van der Waals surface area contributed by atoms with Crippen LogP contribution in [0.2, 0.25) is 0 Å². The monoisotopic (exact) mass is 498 g/mol. The molecule has 1 atom stereocenters. The molecular formula is C28H29F3N2O3. The van der Waals surface area contributed by atoms with Crippen molar-refractivity contribution in [3.8, 4) is 0 Å². The fraction of sp³-hybridized carbons (Fsp3) is 0.429. The van der Waals surface area contributed by atoms with Crippen LogP contribution in [0.5, 0.6) is 0 Å². The molecule has 190 valence electrons. The van der Waals surface area contributed by atoms with Crippen molar-refractivity contribution in [3.63, 3.8) is 0 Å². The number of aliphatic hydroxyl groups excluding tert-OH is 1. The molecule has 2 N–H and O–H groups in total. The van der Waals surface area contributed by atoms with Crippen molar-refractivity contribution in [2.45, 2.75) is 62.6 Å². The highest BCUT2D eigenvalue weighted by molar-refractivity contribution is 6.07. The number of halogens is 3. The third kappa shape index (κ3) is 4.86. The smallest absolute Gasteiger partial charge is 0.416 e. The van der Waals surface area contributed by atoms with Gasteiger partial charge in [-0.15, -0.1) is 0 Å². The fourth-order valence-corrected chi connectivity index (χ4v) is 5.83. The zero-order valence-electron chi connectivity index (χ0n) is 19.9. The zero-order chi connectivity index (χ0) is 25.4. The predicted molar refractivity (Wildman–Crippen MR) is 128 cm³/mol. The highest BCUT2D eigenvalue weighted by Crippen LogP contribution is 2.39. The summed E-state index contributed by atoms with van der Waals surface area (Å²) in [7, 11) is 0. The number of aliphatic hydroxyl groups is 1. The van der Waals surface area contributed by atoms with Gasteiger partial charge in [0.2, 0.25) is 0 Å². The van der Waals surface area contributed by atoms with Gasteiger partial charge < -0.3 is 15.3 Å². The van der Waals surface area contributed by atoms with Gasteiger partial charge in [-0.3, -0.25) is 9.59 Å². The molecule has 8 heteroatoms. The Kier molecular flexibility index (Phi) is 6.53. The Morgan fingerprint density at radius 1 is 1.03 bits per heavy atom. The summed E-state index contributed by atoms with van der Waals surface area (Å²) in [5.41, 5.74) is 2.07. The molecule has 3 aliphatic rings. The van der Waals surface area contributed by atoms with Crippen LogP contribution in [0.1, 0.15) is 66.2 Å². The minimum atomic E-state index is -4.43. The van der Waals surface area contributed by atoms with Gasteiger partial charge in [-0.2, -0.15) is 13.2 Å². The lowest BCUT2D eigenvalue weighted by Crippen LogP contribution is -2.39. The van der Waals surface area contributed by atoms with Crippen molar-refractivity contribution in [2.24, 2.45) is 0 Å². The molecule has 36 heavy (non-hydrogen) atoms. The van der Waals surface area contributed by atoms with Crippen LogP contribution in [-0.2, 0) is 22.2 Å². The van der Waals surface area contributed by atoms with Crippen LogP contribution in [-0.4, -0.2) is 41.0 Å². The number of amides is 2. The summed E-state index contributed by atoms with van der Waals surface area (Å²) < 4.78 is 39.6. The van der Waals surface area contributed by atoms with Gasteiger partial charge in [-0.1, -0.05) is 36.4 Å². The lowest BCUT2D eigenvalue weighted by Gasteiger charge is -2.29. The van der Waals surface area contributed by atoms with Gasteiger partial charge in [-0.05, 0) is 73.3 Å². The second-order valence-corrected chi connectivity index (χ2v) is 10.1.